The second-order valence-electron chi connectivity index (χ2n) is 6.86. The summed E-state index contributed by atoms with van der Waals surface area (Å²) in [6.45, 7) is 1.86. The minimum atomic E-state index is -3.27. The van der Waals surface area contributed by atoms with Gasteiger partial charge in [0, 0.05) is 25.2 Å². The molecule has 6 heteroatoms. The molecule has 3 rings (SSSR count). The van der Waals surface area contributed by atoms with Gasteiger partial charge in [0.25, 0.3) is 0 Å². The van der Waals surface area contributed by atoms with Gasteiger partial charge in [-0.2, -0.15) is 4.31 Å². The second-order valence-corrected chi connectivity index (χ2v) is 8.82. The standard InChI is InChI=1S/C18H28N2O3S/c1-23-18-10-6-5-9-16(18)17-13-19-11-12-20(17)24(21,22)14-15-7-3-2-4-8-15/h5-6,9-10,15,17,19H,2-4,7-8,11-14H2,1H3. The third-order valence-electron chi connectivity index (χ3n) is 5.22. The predicted molar refractivity (Wildman–Crippen MR) is 95.7 cm³/mol. The molecular formula is C18H28N2O3S. The Morgan fingerprint density at radius 3 is 2.71 bits per heavy atom. The topological polar surface area (TPSA) is 58.6 Å². The van der Waals surface area contributed by atoms with Crippen molar-refractivity contribution in [3.05, 3.63) is 29.8 Å². The minimum absolute atomic E-state index is 0.191. The highest BCUT2D eigenvalue weighted by molar-refractivity contribution is 7.89. The molecular weight excluding hydrogens is 324 g/mol. The van der Waals surface area contributed by atoms with Gasteiger partial charge in [0.2, 0.25) is 10.0 Å². The summed E-state index contributed by atoms with van der Waals surface area (Å²) in [6, 6.07) is 7.54. The van der Waals surface area contributed by atoms with Gasteiger partial charge >= 0.3 is 0 Å². The third-order valence-corrected chi connectivity index (χ3v) is 7.26. The van der Waals surface area contributed by atoms with Crippen LogP contribution >= 0.6 is 0 Å². The molecule has 0 spiro atoms. The van der Waals surface area contributed by atoms with E-state index in [1.54, 1.807) is 11.4 Å². The molecule has 1 N–H and O–H groups in total. The van der Waals surface area contributed by atoms with Crippen molar-refractivity contribution in [2.24, 2.45) is 5.92 Å². The number of hydrogen-bond donors (Lipinski definition) is 1. The highest BCUT2D eigenvalue weighted by Gasteiger charge is 2.36. The van der Waals surface area contributed by atoms with E-state index < -0.39 is 10.0 Å². The largest absolute Gasteiger partial charge is 0.496 e. The molecule has 1 aliphatic carbocycles. The molecule has 0 bridgehead atoms. The molecule has 1 saturated heterocycles. The summed E-state index contributed by atoms with van der Waals surface area (Å²) in [5.74, 6) is 1.36. The molecule has 0 amide bonds. The van der Waals surface area contributed by atoms with Crippen LogP contribution < -0.4 is 10.1 Å². The molecule has 24 heavy (non-hydrogen) atoms. The summed E-state index contributed by atoms with van der Waals surface area (Å²) < 4.78 is 33.4. The summed E-state index contributed by atoms with van der Waals surface area (Å²) in [4.78, 5) is 0. The van der Waals surface area contributed by atoms with Gasteiger partial charge in [-0.05, 0) is 24.8 Å². The van der Waals surface area contributed by atoms with Crippen molar-refractivity contribution in [2.45, 2.75) is 38.1 Å². The summed E-state index contributed by atoms with van der Waals surface area (Å²) >= 11 is 0. The maximum atomic E-state index is 13.1. The first-order chi connectivity index (χ1) is 11.6. The number of methoxy groups -OCH3 is 1. The maximum Gasteiger partial charge on any atom is 0.215 e. The van der Waals surface area contributed by atoms with Gasteiger partial charge in [-0.3, -0.25) is 0 Å². The van der Waals surface area contributed by atoms with Gasteiger partial charge in [0.15, 0.2) is 0 Å². The highest BCUT2D eigenvalue weighted by atomic mass is 32.2. The van der Waals surface area contributed by atoms with Crippen LogP contribution in [0.4, 0.5) is 0 Å². The van der Waals surface area contributed by atoms with Crippen LogP contribution in [-0.2, 0) is 10.0 Å². The van der Waals surface area contributed by atoms with Crippen molar-refractivity contribution in [1.29, 1.82) is 0 Å². The fourth-order valence-corrected chi connectivity index (χ4v) is 6.04. The number of rotatable bonds is 5. The zero-order valence-corrected chi connectivity index (χ0v) is 15.2. The van der Waals surface area contributed by atoms with Crippen LogP contribution in [-0.4, -0.2) is 45.2 Å². The normalized spacial score (nSPS) is 24.0. The monoisotopic (exact) mass is 352 g/mol. The van der Waals surface area contributed by atoms with Crippen LogP contribution in [0.1, 0.15) is 43.7 Å². The number of benzene rings is 1. The lowest BCUT2D eigenvalue weighted by atomic mass is 9.91. The lowest BCUT2D eigenvalue weighted by molar-refractivity contribution is 0.261. The van der Waals surface area contributed by atoms with E-state index in [1.165, 1.54) is 6.42 Å². The van der Waals surface area contributed by atoms with E-state index >= 15 is 0 Å². The van der Waals surface area contributed by atoms with Crippen LogP contribution in [0, 0.1) is 5.92 Å². The summed E-state index contributed by atoms with van der Waals surface area (Å²) in [6.07, 6.45) is 5.67. The Bertz CT molecular complexity index is 641. The lowest BCUT2D eigenvalue weighted by Gasteiger charge is -2.37. The van der Waals surface area contributed by atoms with Gasteiger partial charge in [0.1, 0.15) is 5.75 Å². The van der Waals surface area contributed by atoms with Crippen LogP contribution in [0.15, 0.2) is 24.3 Å². The number of nitrogens with zero attached hydrogens (tertiary/aromatic N) is 1. The SMILES string of the molecule is COc1ccccc1C1CNCCN1S(=O)(=O)CC1CCCCC1. The molecule has 1 aromatic rings. The molecule has 1 saturated carbocycles. The summed E-state index contributed by atoms with van der Waals surface area (Å²) in [7, 11) is -1.63. The smallest absolute Gasteiger partial charge is 0.215 e. The van der Waals surface area contributed by atoms with Gasteiger partial charge in [-0.15, -0.1) is 0 Å². The van der Waals surface area contributed by atoms with Crippen molar-refractivity contribution in [3.8, 4) is 5.75 Å². The van der Waals surface area contributed by atoms with E-state index in [4.69, 9.17) is 4.74 Å². The minimum Gasteiger partial charge on any atom is -0.496 e. The number of ether oxygens (including phenoxy) is 1. The van der Waals surface area contributed by atoms with E-state index in [9.17, 15) is 8.42 Å². The third kappa shape index (κ3) is 3.92. The predicted octanol–water partition coefficient (Wildman–Crippen LogP) is 2.55. The first kappa shape index (κ1) is 17.7. The van der Waals surface area contributed by atoms with Gasteiger partial charge < -0.3 is 10.1 Å². The number of piperazine rings is 1. The van der Waals surface area contributed by atoms with Crippen LogP contribution in [0.25, 0.3) is 0 Å². The summed E-state index contributed by atoms with van der Waals surface area (Å²) in [5, 5.41) is 3.33. The highest BCUT2D eigenvalue weighted by Crippen LogP contribution is 2.33. The molecule has 134 valence electrons. The molecule has 1 heterocycles. The Morgan fingerprint density at radius 2 is 1.96 bits per heavy atom. The number of para-hydroxylation sites is 1. The Balaban J connectivity index is 1.83. The molecule has 1 aliphatic heterocycles. The first-order valence-corrected chi connectivity index (χ1v) is 10.6. The van der Waals surface area contributed by atoms with Gasteiger partial charge in [-0.25, -0.2) is 8.42 Å². The molecule has 2 fully saturated rings. The van der Waals surface area contributed by atoms with Crippen LogP contribution in [0.3, 0.4) is 0 Å². The summed E-state index contributed by atoms with van der Waals surface area (Å²) in [5.41, 5.74) is 0.944. The Kier molecular flexibility index (Phi) is 5.79. The van der Waals surface area contributed by atoms with E-state index in [-0.39, 0.29) is 6.04 Å². The molecule has 1 aromatic carbocycles. The zero-order valence-electron chi connectivity index (χ0n) is 14.4. The number of nitrogens with one attached hydrogen (secondary N) is 1. The Morgan fingerprint density at radius 1 is 1.21 bits per heavy atom. The van der Waals surface area contributed by atoms with Crippen LogP contribution in [0.2, 0.25) is 0 Å². The second kappa shape index (κ2) is 7.85. The van der Waals surface area contributed by atoms with Crippen molar-refractivity contribution < 1.29 is 13.2 Å². The molecule has 1 atom stereocenters. The van der Waals surface area contributed by atoms with E-state index in [0.717, 1.165) is 37.0 Å². The fourth-order valence-electron chi connectivity index (χ4n) is 3.97. The van der Waals surface area contributed by atoms with E-state index in [1.807, 2.05) is 24.3 Å². The number of hydrogen-bond acceptors (Lipinski definition) is 4. The van der Waals surface area contributed by atoms with Crippen molar-refractivity contribution in [1.82, 2.24) is 9.62 Å². The average Bonchev–Trinajstić information content (AvgIpc) is 2.62. The molecule has 0 aromatic heterocycles. The number of sulfonamides is 1. The Hall–Kier alpha value is -1.11. The van der Waals surface area contributed by atoms with Crippen molar-refractivity contribution in [3.63, 3.8) is 0 Å². The quantitative estimate of drug-likeness (QED) is 0.885. The van der Waals surface area contributed by atoms with E-state index in [0.29, 0.717) is 31.3 Å². The van der Waals surface area contributed by atoms with Crippen molar-refractivity contribution in [2.75, 3.05) is 32.5 Å². The van der Waals surface area contributed by atoms with E-state index in [2.05, 4.69) is 5.32 Å². The lowest BCUT2D eigenvalue weighted by Crippen LogP contribution is -2.50. The molecule has 0 radical (unpaired) electrons. The van der Waals surface area contributed by atoms with Crippen LogP contribution in [0.5, 0.6) is 5.75 Å². The first-order valence-electron chi connectivity index (χ1n) is 8.95. The molecule has 5 nitrogen and oxygen atoms in total. The van der Waals surface area contributed by atoms with Gasteiger partial charge in [-0.1, -0.05) is 37.5 Å². The van der Waals surface area contributed by atoms with Crippen molar-refractivity contribution >= 4 is 10.0 Å². The van der Waals surface area contributed by atoms with Gasteiger partial charge in [0.05, 0.1) is 18.9 Å². The average molecular weight is 353 g/mol. The zero-order chi connectivity index (χ0) is 17.0. The fraction of sp³-hybridized carbons (Fsp3) is 0.667. The molecule has 1 unspecified atom stereocenters. The maximum absolute atomic E-state index is 13.1. The Labute approximate surface area is 145 Å². The molecule has 2 aliphatic rings.